The first-order valence-corrected chi connectivity index (χ1v) is 9.66. The first kappa shape index (κ1) is 20.4. The van der Waals surface area contributed by atoms with Gasteiger partial charge in [0.25, 0.3) is 0 Å². The molecule has 1 unspecified atom stereocenters. The second-order valence-electron chi connectivity index (χ2n) is 6.54. The zero-order valence-electron chi connectivity index (χ0n) is 16.1. The highest BCUT2D eigenvalue weighted by Gasteiger charge is 2.29. The molecule has 3 rings (SSSR count). The molecule has 3 N–H and O–H groups in total. The van der Waals surface area contributed by atoms with Crippen LogP contribution in [0.1, 0.15) is 28.4 Å². The monoisotopic (exact) mass is 414 g/mol. The summed E-state index contributed by atoms with van der Waals surface area (Å²) in [7, 11) is 0. The zero-order chi connectivity index (χ0) is 21.1. The highest BCUT2D eigenvalue weighted by molar-refractivity contribution is 8.00. The van der Waals surface area contributed by atoms with Crippen LogP contribution in [0.3, 0.4) is 0 Å². The molecule has 0 aliphatic carbocycles. The number of amides is 1. The Morgan fingerprint density at radius 3 is 2.52 bits per heavy atom. The topological polar surface area (TPSA) is 116 Å². The predicted octanol–water partition coefficient (Wildman–Crippen LogP) is 2.68. The van der Waals surface area contributed by atoms with Crippen molar-refractivity contribution >= 4 is 29.3 Å². The van der Waals surface area contributed by atoms with E-state index < -0.39 is 16.8 Å². The number of nitrogens with one attached hydrogen (secondary N) is 2. The number of carboxylic acid groups (broad SMARTS) is 1. The van der Waals surface area contributed by atoms with Gasteiger partial charge in [-0.1, -0.05) is 23.8 Å². The maximum absolute atomic E-state index is 12.6. The van der Waals surface area contributed by atoms with Gasteiger partial charge in [-0.15, -0.1) is 0 Å². The minimum atomic E-state index is -1.08. The third-order valence-electron chi connectivity index (χ3n) is 4.30. The predicted molar refractivity (Wildman–Crippen MR) is 108 cm³/mol. The average molecular weight is 414 g/mol. The molecule has 3 aromatic rings. The van der Waals surface area contributed by atoms with Crippen molar-refractivity contribution in [3.63, 3.8) is 0 Å². The van der Waals surface area contributed by atoms with Crippen LogP contribution in [0.2, 0.25) is 0 Å². The second kappa shape index (κ2) is 8.36. The molecule has 2 aromatic carbocycles. The van der Waals surface area contributed by atoms with E-state index in [0.717, 1.165) is 22.9 Å². The van der Waals surface area contributed by atoms with E-state index in [1.165, 1.54) is 16.8 Å². The molecule has 0 aliphatic heterocycles. The van der Waals surface area contributed by atoms with Crippen molar-refractivity contribution in [3.05, 3.63) is 69.6 Å². The first-order chi connectivity index (χ1) is 13.8. The quantitative estimate of drug-likeness (QED) is 0.422. The molecule has 0 radical (unpaired) electrons. The lowest BCUT2D eigenvalue weighted by Crippen LogP contribution is -2.37. The van der Waals surface area contributed by atoms with Crippen molar-refractivity contribution in [2.75, 3.05) is 5.32 Å². The molecule has 29 heavy (non-hydrogen) atoms. The van der Waals surface area contributed by atoms with Gasteiger partial charge in [-0.3, -0.25) is 9.32 Å². The molecule has 1 atom stereocenters. The number of carbonyl (C=O) groups excluding carboxylic acids is 1. The molecule has 0 fully saturated rings. The van der Waals surface area contributed by atoms with Crippen molar-refractivity contribution in [2.24, 2.45) is 0 Å². The Hall–Kier alpha value is -3.33. The average Bonchev–Trinajstić information content (AvgIpc) is 3.04. The van der Waals surface area contributed by atoms with Crippen molar-refractivity contribution < 1.29 is 23.9 Å². The summed E-state index contributed by atoms with van der Waals surface area (Å²) in [5, 5.41) is 14.0. The maximum Gasteiger partial charge on any atom is 0.442 e. The zero-order valence-corrected chi connectivity index (χ0v) is 16.9. The Kier molecular flexibility index (Phi) is 5.88. The van der Waals surface area contributed by atoms with E-state index in [1.54, 1.807) is 19.9 Å². The Morgan fingerprint density at radius 1 is 1.17 bits per heavy atom. The molecule has 150 valence electrons. The van der Waals surface area contributed by atoms with Gasteiger partial charge < -0.3 is 10.4 Å². The van der Waals surface area contributed by atoms with Crippen molar-refractivity contribution in [2.45, 2.75) is 31.0 Å². The van der Waals surface area contributed by atoms with Gasteiger partial charge in [-0.25, -0.2) is 9.59 Å². The van der Waals surface area contributed by atoms with Crippen LogP contribution in [0, 0.1) is 13.8 Å². The van der Waals surface area contributed by atoms with Crippen LogP contribution >= 0.6 is 11.8 Å². The molecule has 8 nitrogen and oxygen atoms in total. The lowest BCUT2D eigenvalue weighted by atomic mass is 10.1. The second-order valence-corrected chi connectivity index (χ2v) is 7.87. The van der Waals surface area contributed by atoms with E-state index in [2.05, 4.69) is 10.6 Å². The number of hydrogen-bond acceptors (Lipinski definition) is 5. The molecule has 9 heteroatoms. The normalized spacial score (nSPS) is 11.8. The molecular weight excluding hydrogens is 394 g/mol. The molecule has 0 saturated carbocycles. The number of nitrogens with zero attached hydrogens (tertiary/aromatic N) is 1. The van der Waals surface area contributed by atoms with Gasteiger partial charge in [0, 0.05) is 17.8 Å². The molecule has 1 amide bonds. The van der Waals surface area contributed by atoms with E-state index in [9.17, 15) is 14.4 Å². The standard InChI is InChI=1S/C20H19N3O5S/c1-11-4-8-15(9-5-11)23-18(20(27)28-22-23)29-13(3)17(24)21-16-10-14(19(25)26)7-6-12(16)2/h4-10,13H,1-3H3,(H2-,21,22,24,25,26,27)/p+1. The van der Waals surface area contributed by atoms with Gasteiger partial charge in [0.2, 0.25) is 11.6 Å². The molecule has 0 saturated heterocycles. The van der Waals surface area contributed by atoms with Crippen LogP contribution in [-0.4, -0.2) is 27.5 Å². The summed E-state index contributed by atoms with van der Waals surface area (Å²) in [6.07, 6.45) is 0. The first-order valence-electron chi connectivity index (χ1n) is 8.78. The summed E-state index contributed by atoms with van der Waals surface area (Å²) < 4.78 is 6.38. The lowest BCUT2D eigenvalue weighted by molar-refractivity contribution is -0.704. The fraction of sp³-hybridized carbons (Fsp3) is 0.200. The number of H-pyrrole nitrogens is 1. The van der Waals surface area contributed by atoms with Gasteiger partial charge >= 0.3 is 16.6 Å². The number of rotatable bonds is 6. The number of aromatic carboxylic acids is 1. The largest absolute Gasteiger partial charge is 0.478 e. The Bertz CT molecular complexity index is 1120. The summed E-state index contributed by atoms with van der Waals surface area (Å²) in [6.45, 7) is 5.38. The van der Waals surface area contributed by atoms with Gasteiger partial charge in [-0.2, -0.15) is 0 Å². The summed E-state index contributed by atoms with van der Waals surface area (Å²) in [5.74, 6) is -1.44. The molecule has 0 spiro atoms. The van der Waals surface area contributed by atoms with Crippen LogP contribution in [0.15, 0.2) is 56.8 Å². The number of carbonyl (C=O) groups is 2. The molecule has 1 aromatic heterocycles. The number of hydrogen-bond donors (Lipinski definition) is 3. The number of thioether (sulfide) groups is 1. The molecule has 0 bridgehead atoms. The van der Waals surface area contributed by atoms with Gasteiger partial charge in [0.1, 0.15) is 0 Å². The molecule has 1 heterocycles. The van der Waals surface area contributed by atoms with E-state index in [1.807, 2.05) is 31.2 Å². The summed E-state index contributed by atoms with van der Waals surface area (Å²) in [4.78, 5) is 35.9. The molecular formula is C20H20N3O5S+. The summed E-state index contributed by atoms with van der Waals surface area (Å²) >= 11 is 1.04. The van der Waals surface area contributed by atoms with E-state index in [4.69, 9.17) is 9.63 Å². The van der Waals surface area contributed by atoms with Crippen LogP contribution in [0.4, 0.5) is 5.69 Å². The van der Waals surface area contributed by atoms with Gasteiger partial charge in [-0.05, 0) is 60.2 Å². The van der Waals surface area contributed by atoms with Crippen LogP contribution in [-0.2, 0) is 4.79 Å². The number of anilines is 1. The minimum Gasteiger partial charge on any atom is -0.478 e. The highest BCUT2D eigenvalue weighted by atomic mass is 32.2. The SMILES string of the molecule is Cc1ccc(-[n+]2[nH]oc(=O)c2SC(C)C(=O)Nc2cc(C(=O)O)ccc2C)cc1. The third kappa shape index (κ3) is 4.57. The Balaban J connectivity index is 1.80. The van der Waals surface area contributed by atoms with Crippen LogP contribution < -0.4 is 15.6 Å². The molecule has 0 aliphatic rings. The smallest absolute Gasteiger partial charge is 0.442 e. The number of benzene rings is 2. The maximum atomic E-state index is 12.6. The highest BCUT2D eigenvalue weighted by Crippen LogP contribution is 2.22. The van der Waals surface area contributed by atoms with E-state index >= 15 is 0 Å². The number of carboxylic acids is 1. The Morgan fingerprint density at radius 2 is 1.86 bits per heavy atom. The van der Waals surface area contributed by atoms with Gasteiger partial charge in [0.05, 0.1) is 10.8 Å². The van der Waals surface area contributed by atoms with Gasteiger partial charge in [0.15, 0.2) is 0 Å². The van der Waals surface area contributed by atoms with E-state index in [-0.39, 0.29) is 16.5 Å². The van der Waals surface area contributed by atoms with Crippen LogP contribution in [0.25, 0.3) is 5.69 Å². The van der Waals surface area contributed by atoms with Crippen molar-refractivity contribution in [3.8, 4) is 5.69 Å². The summed E-state index contributed by atoms with van der Waals surface area (Å²) in [5.41, 5.74) is 2.41. The fourth-order valence-electron chi connectivity index (χ4n) is 2.57. The third-order valence-corrected chi connectivity index (χ3v) is 5.44. The Labute approximate surface area is 170 Å². The summed E-state index contributed by atoms with van der Waals surface area (Å²) in [6, 6.07) is 12.0. The lowest BCUT2D eigenvalue weighted by Gasteiger charge is -2.12. The fourth-order valence-corrected chi connectivity index (χ4v) is 3.46. The number of aryl methyl sites for hydroxylation is 2. The van der Waals surface area contributed by atoms with Crippen LogP contribution in [0.5, 0.6) is 0 Å². The number of aromatic nitrogens is 2. The van der Waals surface area contributed by atoms with Crippen molar-refractivity contribution in [1.29, 1.82) is 0 Å². The van der Waals surface area contributed by atoms with E-state index in [0.29, 0.717) is 11.4 Å². The minimum absolute atomic E-state index is 0.0784. The number of aromatic amines is 1. The van der Waals surface area contributed by atoms with Crippen molar-refractivity contribution in [1.82, 2.24) is 5.27 Å².